The molecule has 188 valence electrons. The maximum atomic E-state index is 12.5. The van der Waals surface area contributed by atoms with Gasteiger partial charge in [0, 0.05) is 12.6 Å². The van der Waals surface area contributed by atoms with Crippen LogP contribution < -0.4 is 10.6 Å². The number of carbonyl (C=O) groups excluding carboxylic acids is 2. The maximum absolute atomic E-state index is 12.5. The van der Waals surface area contributed by atoms with Crippen molar-refractivity contribution in [3.8, 4) is 12.3 Å². The second-order valence-corrected chi connectivity index (χ2v) is 9.95. The van der Waals surface area contributed by atoms with Crippen LogP contribution in [-0.2, 0) is 20.5 Å². The van der Waals surface area contributed by atoms with E-state index in [2.05, 4.69) is 64.8 Å². The summed E-state index contributed by atoms with van der Waals surface area (Å²) in [5.74, 6) is 1.50. The molecule has 35 heavy (non-hydrogen) atoms. The minimum atomic E-state index is -2.94. The summed E-state index contributed by atoms with van der Waals surface area (Å²) >= 11 is 0. The average Bonchev–Trinajstić information content (AvgIpc) is 2.88. The fourth-order valence-electron chi connectivity index (χ4n) is 4.63. The van der Waals surface area contributed by atoms with Gasteiger partial charge in [-0.15, -0.1) is 6.42 Å². The minimum absolute atomic E-state index is 0.0701. The van der Waals surface area contributed by atoms with Gasteiger partial charge in [0.15, 0.2) is 0 Å². The molecule has 2 aromatic rings. The third-order valence-corrected chi connectivity index (χ3v) is 7.69. The van der Waals surface area contributed by atoms with Crippen molar-refractivity contribution in [1.29, 1.82) is 0 Å². The summed E-state index contributed by atoms with van der Waals surface area (Å²) < 4.78 is 25.1. The number of nitrogens with one attached hydrogen (secondary N) is 2. The van der Waals surface area contributed by atoms with E-state index in [-0.39, 0.29) is 31.6 Å². The summed E-state index contributed by atoms with van der Waals surface area (Å²) in [4.78, 5) is 26.6. The second kappa shape index (κ2) is 12.7. The average molecular weight is 499 g/mol. The minimum Gasteiger partial charge on any atom is -0.346 e. The van der Waals surface area contributed by atoms with Crippen LogP contribution in [0.25, 0.3) is 10.8 Å². The number of benzene rings is 2. The summed E-state index contributed by atoms with van der Waals surface area (Å²) in [7, 11) is -2.94. The number of nitrogens with zero attached hydrogens (tertiary/aromatic N) is 2. The molecule has 1 fully saturated rings. The fourth-order valence-corrected chi connectivity index (χ4v) is 5.38. The molecule has 0 radical (unpaired) electrons. The molecule has 1 aliphatic heterocycles. The predicted molar refractivity (Wildman–Crippen MR) is 138 cm³/mol. The third-order valence-electron chi connectivity index (χ3n) is 6.76. The van der Waals surface area contributed by atoms with E-state index in [9.17, 15) is 18.0 Å². The quantitative estimate of drug-likeness (QED) is 0.342. The van der Waals surface area contributed by atoms with Gasteiger partial charge >= 0.3 is 0 Å². The Morgan fingerprint density at radius 1 is 1.11 bits per heavy atom. The highest BCUT2D eigenvalue weighted by Gasteiger charge is 2.30. The highest BCUT2D eigenvalue weighted by Crippen LogP contribution is 2.31. The molecular weight excluding hydrogens is 464 g/mol. The molecule has 8 nitrogen and oxygen atoms in total. The first-order valence-corrected chi connectivity index (χ1v) is 13.0. The highest BCUT2D eigenvalue weighted by molar-refractivity contribution is 7.69. The van der Waals surface area contributed by atoms with Gasteiger partial charge in [-0.25, -0.2) is 8.42 Å². The SMILES string of the molecule is C#CCNC(=O)CNC(=O)C(C)N(CC1CCN(C(C)c2cccc3ccccc23)CC1)[SH](=O)=O. The number of hydrogen-bond donors (Lipinski definition) is 3. The molecule has 2 atom stereocenters. The van der Waals surface area contributed by atoms with E-state index < -0.39 is 28.7 Å². The monoisotopic (exact) mass is 498 g/mol. The first kappa shape index (κ1) is 26.7. The van der Waals surface area contributed by atoms with E-state index in [0.717, 1.165) is 25.9 Å². The number of rotatable bonds is 10. The van der Waals surface area contributed by atoms with Crippen molar-refractivity contribution in [2.24, 2.45) is 5.92 Å². The van der Waals surface area contributed by atoms with Gasteiger partial charge in [-0.2, -0.15) is 4.31 Å². The molecule has 0 aromatic heterocycles. The van der Waals surface area contributed by atoms with Gasteiger partial charge in [-0.3, -0.25) is 14.5 Å². The van der Waals surface area contributed by atoms with Crippen LogP contribution in [0.3, 0.4) is 0 Å². The van der Waals surface area contributed by atoms with Crippen molar-refractivity contribution < 1.29 is 18.0 Å². The Hall–Kier alpha value is -2.93. The zero-order valence-electron chi connectivity index (χ0n) is 20.3. The Kier molecular flexibility index (Phi) is 9.66. The number of piperidine rings is 1. The smallest absolute Gasteiger partial charge is 0.240 e. The lowest BCUT2D eigenvalue weighted by molar-refractivity contribution is -0.128. The van der Waals surface area contributed by atoms with Gasteiger partial charge in [-0.1, -0.05) is 48.4 Å². The van der Waals surface area contributed by atoms with Crippen LogP contribution in [0.5, 0.6) is 0 Å². The first-order valence-electron chi connectivity index (χ1n) is 11.9. The van der Waals surface area contributed by atoms with Gasteiger partial charge < -0.3 is 10.6 Å². The number of likely N-dealkylation sites (tertiary alicyclic amines) is 1. The van der Waals surface area contributed by atoms with Crippen molar-refractivity contribution in [2.75, 3.05) is 32.7 Å². The molecule has 3 rings (SSSR count). The number of carbonyl (C=O) groups is 2. The molecule has 0 aliphatic carbocycles. The third kappa shape index (κ3) is 7.04. The largest absolute Gasteiger partial charge is 0.346 e. The summed E-state index contributed by atoms with van der Waals surface area (Å²) in [6, 6.07) is 14.1. The second-order valence-electron chi connectivity index (χ2n) is 8.96. The molecule has 0 spiro atoms. The predicted octanol–water partition coefficient (Wildman–Crippen LogP) is 1.70. The molecule has 2 aromatic carbocycles. The molecular formula is C26H34N4O4S. The van der Waals surface area contributed by atoms with Crippen molar-refractivity contribution in [3.05, 3.63) is 48.0 Å². The van der Waals surface area contributed by atoms with Crippen LogP contribution in [0.4, 0.5) is 0 Å². The molecule has 2 unspecified atom stereocenters. The van der Waals surface area contributed by atoms with E-state index in [0.29, 0.717) is 0 Å². The van der Waals surface area contributed by atoms with E-state index in [1.807, 2.05) is 6.07 Å². The lowest BCUT2D eigenvalue weighted by Crippen LogP contribution is -2.49. The van der Waals surface area contributed by atoms with Crippen LogP contribution in [0.15, 0.2) is 42.5 Å². The number of fused-ring (bicyclic) bond motifs is 1. The van der Waals surface area contributed by atoms with E-state index in [4.69, 9.17) is 6.42 Å². The molecule has 1 heterocycles. The first-order chi connectivity index (χ1) is 16.8. The lowest BCUT2D eigenvalue weighted by Gasteiger charge is -2.38. The Labute approximate surface area is 209 Å². The van der Waals surface area contributed by atoms with Gasteiger partial charge in [-0.05, 0) is 62.0 Å². The van der Waals surface area contributed by atoms with Crippen LogP contribution in [0, 0.1) is 18.3 Å². The standard InChI is InChI=1S/C26H34N4O4S/c1-4-14-27-25(31)17-28-26(32)20(3)30(35(33)34)18-21-12-15-29(16-13-21)19(2)23-11-7-9-22-8-5-6-10-24(22)23/h1,5-11,19-21,35H,12-18H2,2-3H3,(H,27,31)(H,28,32). The number of thiol groups is 1. The summed E-state index contributed by atoms with van der Waals surface area (Å²) in [5, 5.41) is 7.41. The summed E-state index contributed by atoms with van der Waals surface area (Å²) in [6.45, 7) is 5.57. The van der Waals surface area contributed by atoms with Crippen molar-refractivity contribution in [2.45, 2.75) is 38.8 Å². The normalized spacial score (nSPS) is 16.7. The fraction of sp³-hybridized carbons (Fsp3) is 0.462. The van der Waals surface area contributed by atoms with Gasteiger partial charge in [0.2, 0.25) is 22.7 Å². The van der Waals surface area contributed by atoms with Crippen molar-refractivity contribution in [1.82, 2.24) is 19.8 Å². The molecule has 1 saturated heterocycles. The topological polar surface area (TPSA) is 98.8 Å². The summed E-state index contributed by atoms with van der Waals surface area (Å²) in [5.41, 5.74) is 1.29. The van der Waals surface area contributed by atoms with Crippen LogP contribution in [0.2, 0.25) is 0 Å². The molecule has 2 amide bonds. The Morgan fingerprint density at radius 2 is 1.80 bits per heavy atom. The lowest BCUT2D eigenvalue weighted by atomic mass is 9.93. The van der Waals surface area contributed by atoms with E-state index in [1.54, 1.807) is 0 Å². The van der Waals surface area contributed by atoms with Crippen LogP contribution >= 0.6 is 0 Å². The van der Waals surface area contributed by atoms with E-state index in [1.165, 1.54) is 27.6 Å². The van der Waals surface area contributed by atoms with Crippen LogP contribution in [-0.4, -0.2) is 68.2 Å². The van der Waals surface area contributed by atoms with Gasteiger partial charge in [0.1, 0.15) is 6.04 Å². The van der Waals surface area contributed by atoms with E-state index >= 15 is 0 Å². The Balaban J connectivity index is 1.55. The number of hydrogen-bond acceptors (Lipinski definition) is 5. The van der Waals surface area contributed by atoms with Crippen molar-refractivity contribution in [3.63, 3.8) is 0 Å². The van der Waals surface area contributed by atoms with Gasteiger partial charge in [0.05, 0.1) is 13.1 Å². The van der Waals surface area contributed by atoms with Gasteiger partial charge in [0.25, 0.3) is 0 Å². The number of amides is 2. The summed E-state index contributed by atoms with van der Waals surface area (Å²) in [6.07, 6.45) is 6.78. The molecule has 9 heteroatoms. The Morgan fingerprint density at radius 3 is 2.49 bits per heavy atom. The Bertz CT molecular complexity index is 1140. The molecule has 1 aliphatic rings. The zero-order chi connectivity index (χ0) is 25.4. The highest BCUT2D eigenvalue weighted by atomic mass is 32.2. The number of terminal acetylenes is 1. The zero-order valence-corrected chi connectivity index (χ0v) is 21.2. The molecule has 0 saturated carbocycles. The molecule has 0 bridgehead atoms. The van der Waals surface area contributed by atoms with Crippen molar-refractivity contribution >= 4 is 33.5 Å². The molecule has 2 N–H and O–H groups in total. The van der Waals surface area contributed by atoms with Crippen LogP contribution in [0.1, 0.15) is 38.3 Å². The maximum Gasteiger partial charge on any atom is 0.240 e.